The molecule has 0 N–H and O–H groups in total. The Kier molecular flexibility index (Phi) is 5.06. The summed E-state index contributed by atoms with van der Waals surface area (Å²) in [7, 11) is 0. The van der Waals surface area contributed by atoms with Crippen LogP contribution in [0.4, 0.5) is 0 Å². The summed E-state index contributed by atoms with van der Waals surface area (Å²) in [5.41, 5.74) is 2.83. The molecule has 1 aromatic carbocycles. The highest BCUT2D eigenvalue weighted by molar-refractivity contribution is 5.53. The van der Waals surface area contributed by atoms with Gasteiger partial charge in [-0.05, 0) is 24.0 Å². The first-order chi connectivity index (χ1) is 6.88. The third-order valence-corrected chi connectivity index (χ3v) is 2.46. The van der Waals surface area contributed by atoms with Crippen LogP contribution in [0.5, 0.6) is 0 Å². The number of allylic oxidation sites excluding steroid dienone is 1. The van der Waals surface area contributed by atoms with Crippen LogP contribution in [0.1, 0.15) is 44.2 Å². The maximum Gasteiger partial charge on any atom is -0.0228 e. The number of hydrogen-bond acceptors (Lipinski definition) is 0. The summed E-state index contributed by atoms with van der Waals surface area (Å²) in [6.07, 6.45) is 9.44. The molecule has 0 amide bonds. The van der Waals surface area contributed by atoms with Crippen molar-refractivity contribution in [2.45, 2.75) is 39.5 Å². The summed E-state index contributed by atoms with van der Waals surface area (Å²) in [4.78, 5) is 0. The number of unbranched alkanes of at least 4 members (excludes halogenated alkanes) is 2. The maximum absolute atomic E-state index is 2.29. The number of hydrogen-bond donors (Lipinski definition) is 0. The standard InChI is InChI=1S/C14H20/c1-3-5-6-7-11-14-12-9-8-10-13(14)4-2/h7-12H,3-6H2,1-2H3. The molecule has 0 unspecified atom stereocenters. The van der Waals surface area contributed by atoms with Crippen LogP contribution < -0.4 is 0 Å². The van der Waals surface area contributed by atoms with Crippen molar-refractivity contribution in [3.63, 3.8) is 0 Å². The van der Waals surface area contributed by atoms with Crippen molar-refractivity contribution in [2.75, 3.05) is 0 Å². The molecule has 14 heavy (non-hydrogen) atoms. The lowest BCUT2D eigenvalue weighted by Gasteiger charge is -2.01. The largest absolute Gasteiger partial charge is 0.0839 e. The molecule has 0 aliphatic carbocycles. The zero-order chi connectivity index (χ0) is 10.2. The monoisotopic (exact) mass is 188 g/mol. The minimum Gasteiger partial charge on any atom is -0.0839 e. The molecular weight excluding hydrogens is 168 g/mol. The molecule has 0 fully saturated rings. The zero-order valence-electron chi connectivity index (χ0n) is 9.29. The Morgan fingerprint density at radius 3 is 2.64 bits per heavy atom. The van der Waals surface area contributed by atoms with E-state index >= 15 is 0 Å². The second kappa shape index (κ2) is 6.42. The lowest BCUT2D eigenvalue weighted by Crippen LogP contribution is -1.84. The van der Waals surface area contributed by atoms with Gasteiger partial charge < -0.3 is 0 Å². The molecule has 0 spiro atoms. The maximum atomic E-state index is 2.29. The Hall–Kier alpha value is -1.04. The van der Waals surface area contributed by atoms with Gasteiger partial charge in [0.2, 0.25) is 0 Å². The van der Waals surface area contributed by atoms with Crippen molar-refractivity contribution < 1.29 is 0 Å². The van der Waals surface area contributed by atoms with Gasteiger partial charge in [0.15, 0.2) is 0 Å². The van der Waals surface area contributed by atoms with Crippen LogP contribution in [-0.4, -0.2) is 0 Å². The molecule has 0 saturated heterocycles. The smallest absolute Gasteiger partial charge is 0.0228 e. The number of rotatable bonds is 5. The fourth-order valence-corrected chi connectivity index (χ4v) is 1.55. The molecular formula is C14H20. The van der Waals surface area contributed by atoms with Gasteiger partial charge in [0.05, 0.1) is 0 Å². The van der Waals surface area contributed by atoms with Gasteiger partial charge in [0.25, 0.3) is 0 Å². The summed E-state index contributed by atoms with van der Waals surface area (Å²) in [5, 5.41) is 0. The number of benzene rings is 1. The highest BCUT2D eigenvalue weighted by Crippen LogP contribution is 2.12. The SMILES string of the molecule is CCCCC=Cc1ccccc1CC. The van der Waals surface area contributed by atoms with Crippen LogP contribution in [0.3, 0.4) is 0 Å². The van der Waals surface area contributed by atoms with Gasteiger partial charge >= 0.3 is 0 Å². The quantitative estimate of drug-likeness (QED) is 0.599. The Labute approximate surface area is 87.7 Å². The molecule has 0 heterocycles. The summed E-state index contributed by atoms with van der Waals surface area (Å²) in [6.45, 7) is 4.44. The molecule has 0 radical (unpaired) electrons. The van der Waals surface area contributed by atoms with Crippen molar-refractivity contribution in [1.29, 1.82) is 0 Å². The summed E-state index contributed by atoms with van der Waals surface area (Å²) in [6, 6.07) is 8.63. The molecule has 0 saturated carbocycles. The van der Waals surface area contributed by atoms with E-state index in [2.05, 4.69) is 50.3 Å². The van der Waals surface area contributed by atoms with Crippen molar-refractivity contribution in [3.05, 3.63) is 41.5 Å². The Morgan fingerprint density at radius 1 is 1.14 bits per heavy atom. The molecule has 0 atom stereocenters. The van der Waals surface area contributed by atoms with Gasteiger partial charge in [-0.1, -0.05) is 63.1 Å². The van der Waals surface area contributed by atoms with Gasteiger partial charge in [-0.2, -0.15) is 0 Å². The van der Waals surface area contributed by atoms with Crippen molar-refractivity contribution in [3.8, 4) is 0 Å². The van der Waals surface area contributed by atoms with E-state index < -0.39 is 0 Å². The van der Waals surface area contributed by atoms with E-state index in [4.69, 9.17) is 0 Å². The molecule has 0 nitrogen and oxygen atoms in total. The summed E-state index contributed by atoms with van der Waals surface area (Å²) >= 11 is 0. The van der Waals surface area contributed by atoms with E-state index in [-0.39, 0.29) is 0 Å². The molecule has 1 rings (SSSR count). The summed E-state index contributed by atoms with van der Waals surface area (Å²) in [5.74, 6) is 0. The molecule has 0 heteroatoms. The molecule has 0 bridgehead atoms. The van der Waals surface area contributed by atoms with Crippen LogP contribution >= 0.6 is 0 Å². The Bertz CT molecular complexity index is 284. The molecule has 0 aromatic heterocycles. The minimum absolute atomic E-state index is 1.12. The minimum atomic E-state index is 1.12. The topological polar surface area (TPSA) is 0 Å². The Morgan fingerprint density at radius 2 is 1.93 bits per heavy atom. The lowest BCUT2D eigenvalue weighted by molar-refractivity contribution is 0.816. The average molecular weight is 188 g/mol. The molecule has 76 valence electrons. The highest BCUT2D eigenvalue weighted by atomic mass is 14.0. The van der Waals surface area contributed by atoms with Gasteiger partial charge in [0.1, 0.15) is 0 Å². The third-order valence-electron chi connectivity index (χ3n) is 2.46. The van der Waals surface area contributed by atoms with E-state index in [1.54, 1.807) is 0 Å². The van der Waals surface area contributed by atoms with E-state index in [1.165, 1.54) is 30.4 Å². The molecule has 1 aromatic rings. The first-order valence-electron chi connectivity index (χ1n) is 5.63. The van der Waals surface area contributed by atoms with E-state index in [0.29, 0.717) is 0 Å². The summed E-state index contributed by atoms with van der Waals surface area (Å²) < 4.78 is 0. The normalized spacial score (nSPS) is 11.0. The number of aryl methyl sites for hydroxylation is 1. The van der Waals surface area contributed by atoms with Crippen molar-refractivity contribution in [2.24, 2.45) is 0 Å². The van der Waals surface area contributed by atoms with Crippen LogP contribution in [0.2, 0.25) is 0 Å². The highest BCUT2D eigenvalue weighted by Gasteiger charge is 1.93. The zero-order valence-corrected chi connectivity index (χ0v) is 9.29. The second-order valence-electron chi connectivity index (χ2n) is 3.60. The fourth-order valence-electron chi connectivity index (χ4n) is 1.55. The van der Waals surface area contributed by atoms with E-state index in [9.17, 15) is 0 Å². The van der Waals surface area contributed by atoms with Gasteiger partial charge in [-0.3, -0.25) is 0 Å². The van der Waals surface area contributed by atoms with Crippen LogP contribution in [0, 0.1) is 0 Å². The first kappa shape index (κ1) is 11.0. The average Bonchev–Trinajstić information content (AvgIpc) is 2.25. The van der Waals surface area contributed by atoms with Crippen LogP contribution in [0.25, 0.3) is 6.08 Å². The van der Waals surface area contributed by atoms with Gasteiger partial charge in [-0.25, -0.2) is 0 Å². The van der Waals surface area contributed by atoms with Gasteiger partial charge in [-0.15, -0.1) is 0 Å². The van der Waals surface area contributed by atoms with Crippen LogP contribution in [-0.2, 0) is 6.42 Å². The second-order valence-corrected chi connectivity index (χ2v) is 3.60. The lowest BCUT2D eigenvalue weighted by atomic mass is 10.0. The molecule has 0 aliphatic rings. The van der Waals surface area contributed by atoms with E-state index in [0.717, 1.165) is 6.42 Å². The third kappa shape index (κ3) is 3.37. The molecule has 0 aliphatic heterocycles. The fraction of sp³-hybridized carbons (Fsp3) is 0.429. The Balaban J connectivity index is 2.61. The predicted molar refractivity (Wildman–Crippen MR) is 64.4 cm³/mol. The van der Waals surface area contributed by atoms with E-state index in [1.807, 2.05) is 0 Å². The van der Waals surface area contributed by atoms with Gasteiger partial charge in [0, 0.05) is 0 Å². The van der Waals surface area contributed by atoms with Crippen molar-refractivity contribution in [1.82, 2.24) is 0 Å². The first-order valence-corrected chi connectivity index (χ1v) is 5.63. The predicted octanol–water partition coefficient (Wildman–Crippen LogP) is 4.45. The van der Waals surface area contributed by atoms with Crippen LogP contribution in [0.15, 0.2) is 30.3 Å². The van der Waals surface area contributed by atoms with Crippen molar-refractivity contribution >= 4 is 6.08 Å².